The Morgan fingerprint density at radius 2 is 1.68 bits per heavy atom. The Hall–Kier alpha value is -2.48. The minimum absolute atomic E-state index is 0.945. The van der Waals surface area contributed by atoms with Crippen LogP contribution in [0.15, 0.2) is 54.6 Å². The smallest absolute Gasteiger partial charge is 0.126 e. The van der Waals surface area contributed by atoms with Crippen LogP contribution in [0.4, 0.5) is 5.69 Å². The Bertz CT molecular complexity index is 894. The molecule has 0 N–H and O–H groups in total. The van der Waals surface area contributed by atoms with Crippen molar-refractivity contribution in [3.63, 3.8) is 0 Å². The molecule has 3 aromatic carbocycles. The molecule has 128 valence electrons. The molecule has 1 aliphatic heterocycles. The number of nitrogens with zero attached hydrogens (tertiary/aromatic N) is 1. The maximum Gasteiger partial charge on any atom is 0.126 e. The molecule has 1 aliphatic rings. The molecule has 1 fully saturated rings. The van der Waals surface area contributed by atoms with Gasteiger partial charge in [-0.1, -0.05) is 42.0 Å². The number of aryl methyl sites for hydroxylation is 1. The van der Waals surface area contributed by atoms with Gasteiger partial charge in [0.1, 0.15) is 5.75 Å². The van der Waals surface area contributed by atoms with Gasteiger partial charge in [0.25, 0.3) is 0 Å². The van der Waals surface area contributed by atoms with E-state index in [1.807, 2.05) is 0 Å². The van der Waals surface area contributed by atoms with Crippen molar-refractivity contribution in [1.82, 2.24) is 0 Å². The fourth-order valence-electron chi connectivity index (χ4n) is 3.96. The number of hydrogen-bond acceptors (Lipinski definition) is 2. The number of piperidine rings is 1. The van der Waals surface area contributed by atoms with Crippen molar-refractivity contribution in [2.45, 2.75) is 26.2 Å². The topological polar surface area (TPSA) is 12.5 Å². The van der Waals surface area contributed by atoms with Crippen molar-refractivity contribution in [2.75, 3.05) is 25.1 Å². The first-order valence-corrected chi connectivity index (χ1v) is 9.19. The summed E-state index contributed by atoms with van der Waals surface area (Å²) in [6, 6.07) is 19.7. The third kappa shape index (κ3) is 2.97. The van der Waals surface area contributed by atoms with E-state index in [2.05, 4.69) is 66.4 Å². The molecule has 2 heteroatoms. The van der Waals surface area contributed by atoms with Gasteiger partial charge in [0.2, 0.25) is 0 Å². The van der Waals surface area contributed by atoms with Gasteiger partial charge in [-0.2, -0.15) is 0 Å². The van der Waals surface area contributed by atoms with Crippen LogP contribution in [-0.4, -0.2) is 20.2 Å². The molecule has 3 aromatic rings. The van der Waals surface area contributed by atoms with Gasteiger partial charge in [0.05, 0.1) is 7.11 Å². The molecule has 0 atom stereocenters. The summed E-state index contributed by atoms with van der Waals surface area (Å²) in [5.41, 5.74) is 5.09. The molecular formula is C23H25NO. The van der Waals surface area contributed by atoms with E-state index in [0.717, 1.165) is 18.8 Å². The molecule has 0 amide bonds. The molecule has 0 aliphatic carbocycles. The van der Waals surface area contributed by atoms with E-state index in [1.165, 1.54) is 52.4 Å². The van der Waals surface area contributed by atoms with Crippen LogP contribution in [0.2, 0.25) is 0 Å². The van der Waals surface area contributed by atoms with Crippen LogP contribution in [0, 0.1) is 6.92 Å². The van der Waals surface area contributed by atoms with E-state index >= 15 is 0 Å². The standard InChI is InChI=1S/C23H25NO/c1-17-10-13-22(25-2)20(16-17)23-19-9-5-4-8-18(19)11-12-21(23)24-14-6-3-7-15-24/h4-5,8-13,16H,3,6-7,14-15H2,1-2H3. The largest absolute Gasteiger partial charge is 0.496 e. The predicted molar refractivity (Wildman–Crippen MR) is 107 cm³/mol. The fraction of sp³-hybridized carbons (Fsp3) is 0.304. The summed E-state index contributed by atoms with van der Waals surface area (Å²) < 4.78 is 5.73. The Kier molecular flexibility index (Phi) is 4.35. The summed E-state index contributed by atoms with van der Waals surface area (Å²) in [7, 11) is 1.76. The summed E-state index contributed by atoms with van der Waals surface area (Å²) in [4.78, 5) is 2.55. The third-order valence-corrected chi connectivity index (χ3v) is 5.23. The number of anilines is 1. The lowest BCUT2D eigenvalue weighted by atomic mass is 9.93. The Balaban J connectivity index is 2.01. The van der Waals surface area contributed by atoms with E-state index in [-0.39, 0.29) is 0 Å². The van der Waals surface area contributed by atoms with E-state index < -0.39 is 0 Å². The minimum Gasteiger partial charge on any atom is -0.496 e. The third-order valence-electron chi connectivity index (χ3n) is 5.23. The van der Waals surface area contributed by atoms with Crippen LogP contribution in [0.1, 0.15) is 24.8 Å². The van der Waals surface area contributed by atoms with Crippen LogP contribution in [-0.2, 0) is 0 Å². The number of methoxy groups -OCH3 is 1. The molecule has 4 rings (SSSR count). The quantitative estimate of drug-likeness (QED) is 0.600. The van der Waals surface area contributed by atoms with Gasteiger partial charge in [0, 0.05) is 29.9 Å². The highest BCUT2D eigenvalue weighted by atomic mass is 16.5. The van der Waals surface area contributed by atoms with Crippen LogP contribution >= 0.6 is 0 Å². The summed E-state index contributed by atoms with van der Waals surface area (Å²) in [5.74, 6) is 0.945. The second-order valence-corrected chi connectivity index (χ2v) is 6.93. The van der Waals surface area contributed by atoms with Crippen molar-refractivity contribution < 1.29 is 4.74 Å². The van der Waals surface area contributed by atoms with E-state index in [0.29, 0.717) is 0 Å². The first-order valence-electron chi connectivity index (χ1n) is 9.19. The Morgan fingerprint density at radius 3 is 2.48 bits per heavy atom. The Morgan fingerprint density at radius 1 is 0.880 bits per heavy atom. The van der Waals surface area contributed by atoms with Crippen LogP contribution < -0.4 is 9.64 Å². The lowest BCUT2D eigenvalue weighted by molar-refractivity contribution is 0.416. The van der Waals surface area contributed by atoms with Crippen molar-refractivity contribution >= 4 is 16.5 Å². The maximum atomic E-state index is 5.73. The molecular weight excluding hydrogens is 306 g/mol. The summed E-state index contributed by atoms with van der Waals surface area (Å²) in [6.45, 7) is 4.42. The molecule has 2 nitrogen and oxygen atoms in total. The average Bonchev–Trinajstić information content (AvgIpc) is 2.67. The van der Waals surface area contributed by atoms with Crippen LogP contribution in [0.25, 0.3) is 21.9 Å². The van der Waals surface area contributed by atoms with Crippen molar-refractivity contribution in [3.8, 4) is 16.9 Å². The van der Waals surface area contributed by atoms with Crippen molar-refractivity contribution in [2.24, 2.45) is 0 Å². The van der Waals surface area contributed by atoms with Gasteiger partial charge in [-0.3, -0.25) is 0 Å². The lowest BCUT2D eigenvalue weighted by Gasteiger charge is -2.31. The van der Waals surface area contributed by atoms with Gasteiger partial charge in [0.15, 0.2) is 0 Å². The highest BCUT2D eigenvalue weighted by Gasteiger charge is 2.20. The van der Waals surface area contributed by atoms with Crippen LogP contribution in [0.3, 0.4) is 0 Å². The SMILES string of the molecule is COc1ccc(C)cc1-c1c(N2CCCCC2)ccc2ccccc12. The zero-order valence-electron chi connectivity index (χ0n) is 15.1. The zero-order chi connectivity index (χ0) is 17.2. The van der Waals surface area contributed by atoms with Gasteiger partial charge < -0.3 is 9.64 Å². The van der Waals surface area contributed by atoms with Crippen molar-refractivity contribution in [1.29, 1.82) is 0 Å². The second-order valence-electron chi connectivity index (χ2n) is 6.93. The normalized spacial score (nSPS) is 14.7. The summed E-state index contributed by atoms with van der Waals surface area (Å²) in [5, 5.41) is 2.58. The van der Waals surface area contributed by atoms with Crippen LogP contribution in [0.5, 0.6) is 5.75 Å². The van der Waals surface area contributed by atoms with Gasteiger partial charge >= 0.3 is 0 Å². The molecule has 25 heavy (non-hydrogen) atoms. The minimum atomic E-state index is 0.945. The highest BCUT2D eigenvalue weighted by molar-refractivity contribution is 6.04. The Labute approximate surface area is 150 Å². The average molecular weight is 331 g/mol. The van der Waals surface area contributed by atoms with Gasteiger partial charge in [-0.05, 0) is 55.2 Å². The molecule has 0 saturated carbocycles. The first-order chi connectivity index (χ1) is 12.3. The fourth-order valence-corrected chi connectivity index (χ4v) is 3.96. The molecule has 0 bridgehead atoms. The number of benzene rings is 3. The summed E-state index contributed by atoms with van der Waals surface area (Å²) in [6.07, 6.45) is 3.89. The monoisotopic (exact) mass is 331 g/mol. The van der Waals surface area contributed by atoms with E-state index in [4.69, 9.17) is 4.74 Å². The van der Waals surface area contributed by atoms with Gasteiger partial charge in [-0.15, -0.1) is 0 Å². The molecule has 0 spiro atoms. The van der Waals surface area contributed by atoms with Crippen molar-refractivity contribution in [3.05, 3.63) is 60.2 Å². The predicted octanol–water partition coefficient (Wildman–Crippen LogP) is 5.81. The molecule has 1 saturated heterocycles. The van der Waals surface area contributed by atoms with E-state index in [9.17, 15) is 0 Å². The number of rotatable bonds is 3. The molecule has 0 unspecified atom stereocenters. The number of fused-ring (bicyclic) bond motifs is 1. The van der Waals surface area contributed by atoms with E-state index in [1.54, 1.807) is 7.11 Å². The molecule has 0 radical (unpaired) electrons. The first kappa shape index (κ1) is 16.0. The lowest BCUT2D eigenvalue weighted by Crippen LogP contribution is -2.29. The highest BCUT2D eigenvalue weighted by Crippen LogP contribution is 2.42. The zero-order valence-corrected chi connectivity index (χ0v) is 15.1. The second kappa shape index (κ2) is 6.79. The maximum absolute atomic E-state index is 5.73. The molecule has 1 heterocycles. The van der Waals surface area contributed by atoms with Gasteiger partial charge in [-0.25, -0.2) is 0 Å². The summed E-state index contributed by atoms with van der Waals surface area (Å²) >= 11 is 0. The number of ether oxygens (including phenoxy) is 1. The number of hydrogen-bond donors (Lipinski definition) is 0. The molecule has 0 aromatic heterocycles.